The van der Waals surface area contributed by atoms with Gasteiger partial charge >= 0.3 is 0 Å². The highest BCUT2D eigenvalue weighted by Crippen LogP contribution is 2.28. The number of ether oxygens (including phenoxy) is 2. The zero-order chi connectivity index (χ0) is 17.1. The molecular weight excluding hydrogens is 322 g/mol. The topological polar surface area (TPSA) is 82.4 Å². The number of nitrogens with zero attached hydrogens (tertiary/aromatic N) is 5. The normalized spacial score (nSPS) is 23.1. The molecule has 1 amide bonds. The standard InChI is InChI=1S/C17H21N5O3/c23-17(21-9-10-24-16-4-2-1-3-15(16)21)11-25-14-7-5-13(6-8-14)22-12-18-19-20-22/h5-8,12,15-16H,1-4,9-11H2. The Morgan fingerprint density at radius 2 is 2.08 bits per heavy atom. The van der Waals surface area contributed by atoms with E-state index in [4.69, 9.17) is 9.47 Å². The van der Waals surface area contributed by atoms with Crippen LogP contribution < -0.4 is 4.74 Å². The van der Waals surface area contributed by atoms with E-state index in [0.717, 1.165) is 24.9 Å². The van der Waals surface area contributed by atoms with E-state index in [-0.39, 0.29) is 24.7 Å². The molecule has 0 N–H and O–H groups in total. The van der Waals surface area contributed by atoms with Crippen molar-refractivity contribution in [1.82, 2.24) is 25.1 Å². The van der Waals surface area contributed by atoms with Crippen molar-refractivity contribution in [2.75, 3.05) is 19.8 Å². The maximum Gasteiger partial charge on any atom is 0.260 e. The summed E-state index contributed by atoms with van der Waals surface area (Å²) in [6.07, 6.45) is 6.15. The summed E-state index contributed by atoms with van der Waals surface area (Å²) < 4.78 is 13.1. The van der Waals surface area contributed by atoms with Crippen LogP contribution in [0.15, 0.2) is 30.6 Å². The fraction of sp³-hybridized carbons (Fsp3) is 0.529. The fourth-order valence-electron chi connectivity index (χ4n) is 3.61. The zero-order valence-corrected chi connectivity index (χ0v) is 14.0. The number of morpholine rings is 1. The highest BCUT2D eigenvalue weighted by Gasteiger charge is 2.36. The number of aromatic nitrogens is 4. The fourth-order valence-corrected chi connectivity index (χ4v) is 3.61. The smallest absolute Gasteiger partial charge is 0.260 e. The Labute approximate surface area is 145 Å². The van der Waals surface area contributed by atoms with Gasteiger partial charge in [0, 0.05) is 6.54 Å². The average molecular weight is 343 g/mol. The second-order valence-electron chi connectivity index (χ2n) is 6.39. The van der Waals surface area contributed by atoms with Crippen molar-refractivity contribution in [3.8, 4) is 11.4 Å². The highest BCUT2D eigenvalue weighted by molar-refractivity contribution is 5.78. The lowest BCUT2D eigenvalue weighted by Crippen LogP contribution is -2.55. The Hall–Kier alpha value is -2.48. The first-order valence-corrected chi connectivity index (χ1v) is 8.68. The van der Waals surface area contributed by atoms with Crippen LogP contribution in [0.2, 0.25) is 0 Å². The van der Waals surface area contributed by atoms with Crippen LogP contribution in [0, 0.1) is 0 Å². The van der Waals surface area contributed by atoms with Gasteiger partial charge in [0.15, 0.2) is 6.61 Å². The van der Waals surface area contributed by atoms with Gasteiger partial charge in [0.2, 0.25) is 0 Å². The molecule has 4 rings (SSSR count). The third kappa shape index (κ3) is 3.48. The van der Waals surface area contributed by atoms with Crippen molar-refractivity contribution in [2.45, 2.75) is 37.8 Å². The van der Waals surface area contributed by atoms with Gasteiger partial charge in [-0.05, 0) is 47.5 Å². The van der Waals surface area contributed by atoms with Crippen molar-refractivity contribution >= 4 is 5.91 Å². The molecule has 1 aliphatic carbocycles. The predicted octanol–water partition coefficient (Wildman–Crippen LogP) is 1.21. The molecule has 132 valence electrons. The van der Waals surface area contributed by atoms with Crippen LogP contribution in [0.4, 0.5) is 0 Å². The number of hydrogen-bond acceptors (Lipinski definition) is 6. The summed E-state index contributed by atoms with van der Waals surface area (Å²) in [6, 6.07) is 7.53. The van der Waals surface area contributed by atoms with E-state index in [9.17, 15) is 4.79 Å². The number of hydrogen-bond donors (Lipinski definition) is 0. The Morgan fingerprint density at radius 1 is 1.24 bits per heavy atom. The van der Waals surface area contributed by atoms with Gasteiger partial charge in [-0.1, -0.05) is 12.8 Å². The Balaban J connectivity index is 1.35. The molecule has 2 fully saturated rings. The molecule has 1 aliphatic heterocycles. The molecule has 2 aromatic rings. The second kappa shape index (κ2) is 7.18. The first-order valence-electron chi connectivity index (χ1n) is 8.68. The molecule has 2 heterocycles. The summed E-state index contributed by atoms with van der Waals surface area (Å²) in [5.41, 5.74) is 0.835. The zero-order valence-electron chi connectivity index (χ0n) is 14.0. The molecule has 2 aliphatic rings. The van der Waals surface area contributed by atoms with Gasteiger partial charge < -0.3 is 14.4 Å². The Bertz CT molecular complexity index is 702. The van der Waals surface area contributed by atoms with Gasteiger partial charge in [-0.15, -0.1) is 5.10 Å². The van der Waals surface area contributed by atoms with Crippen LogP contribution in [-0.4, -0.2) is 62.9 Å². The molecule has 0 bridgehead atoms. The van der Waals surface area contributed by atoms with E-state index in [1.807, 2.05) is 29.2 Å². The number of tetrazole rings is 1. The molecule has 0 spiro atoms. The van der Waals surface area contributed by atoms with Crippen molar-refractivity contribution in [2.24, 2.45) is 0 Å². The molecule has 1 aromatic carbocycles. The first kappa shape index (κ1) is 16.0. The van der Waals surface area contributed by atoms with Gasteiger partial charge in [0.05, 0.1) is 24.4 Å². The van der Waals surface area contributed by atoms with Gasteiger partial charge in [-0.25, -0.2) is 4.68 Å². The largest absolute Gasteiger partial charge is 0.484 e. The molecule has 8 nitrogen and oxygen atoms in total. The van der Waals surface area contributed by atoms with Crippen LogP contribution >= 0.6 is 0 Å². The van der Waals surface area contributed by atoms with E-state index >= 15 is 0 Å². The van der Waals surface area contributed by atoms with Gasteiger partial charge in [0.1, 0.15) is 12.1 Å². The van der Waals surface area contributed by atoms with Crippen LogP contribution in [0.5, 0.6) is 5.75 Å². The number of rotatable bonds is 4. The summed E-state index contributed by atoms with van der Waals surface area (Å²) in [5, 5.41) is 11.0. The average Bonchev–Trinajstić information content (AvgIpc) is 3.21. The maximum absolute atomic E-state index is 12.6. The lowest BCUT2D eigenvalue weighted by molar-refractivity contribution is -0.151. The predicted molar refractivity (Wildman–Crippen MR) is 88.4 cm³/mol. The molecule has 1 saturated carbocycles. The van der Waals surface area contributed by atoms with E-state index in [2.05, 4.69) is 15.5 Å². The summed E-state index contributed by atoms with van der Waals surface area (Å²) in [4.78, 5) is 14.5. The minimum Gasteiger partial charge on any atom is -0.484 e. The monoisotopic (exact) mass is 343 g/mol. The third-order valence-electron chi connectivity index (χ3n) is 4.87. The van der Waals surface area contributed by atoms with Gasteiger partial charge in [0.25, 0.3) is 5.91 Å². The summed E-state index contributed by atoms with van der Waals surface area (Å²) >= 11 is 0. The highest BCUT2D eigenvalue weighted by atomic mass is 16.5. The molecule has 0 radical (unpaired) electrons. The van der Waals surface area contributed by atoms with Crippen molar-refractivity contribution in [1.29, 1.82) is 0 Å². The number of fused-ring (bicyclic) bond motifs is 1. The minimum atomic E-state index is 0.0322. The summed E-state index contributed by atoms with van der Waals surface area (Å²) in [6.45, 7) is 1.32. The van der Waals surface area contributed by atoms with E-state index in [1.165, 1.54) is 12.7 Å². The summed E-state index contributed by atoms with van der Waals surface area (Å²) in [5.74, 6) is 0.684. The maximum atomic E-state index is 12.6. The Kier molecular flexibility index (Phi) is 4.60. The molecule has 1 aromatic heterocycles. The number of benzene rings is 1. The lowest BCUT2D eigenvalue weighted by atomic mass is 9.90. The third-order valence-corrected chi connectivity index (χ3v) is 4.87. The van der Waals surface area contributed by atoms with E-state index in [0.29, 0.717) is 18.9 Å². The van der Waals surface area contributed by atoms with Crippen LogP contribution in [0.1, 0.15) is 25.7 Å². The van der Waals surface area contributed by atoms with Crippen molar-refractivity contribution in [3.05, 3.63) is 30.6 Å². The van der Waals surface area contributed by atoms with Crippen LogP contribution in [0.3, 0.4) is 0 Å². The molecular formula is C17H21N5O3. The van der Waals surface area contributed by atoms with Crippen LogP contribution in [0.25, 0.3) is 5.69 Å². The van der Waals surface area contributed by atoms with E-state index in [1.54, 1.807) is 4.68 Å². The SMILES string of the molecule is O=C(COc1ccc(-n2cnnn2)cc1)N1CCOC2CCCCC21. The van der Waals surface area contributed by atoms with E-state index < -0.39 is 0 Å². The first-order chi connectivity index (χ1) is 12.3. The lowest BCUT2D eigenvalue weighted by Gasteiger charge is -2.43. The van der Waals surface area contributed by atoms with Crippen molar-refractivity contribution < 1.29 is 14.3 Å². The van der Waals surface area contributed by atoms with Gasteiger partial charge in [-0.2, -0.15) is 0 Å². The number of amides is 1. The van der Waals surface area contributed by atoms with Gasteiger partial charge in [-0.3, -0.25) is 4.79 Å². The molecule has 2 atom stereocenters. The number of carbonyl (C=O) groups is 1. The Morgan fingerprint density at radius 3 is 2.88 bits per heavy atom. The molecule has 25 heavy (non-hydrogen) atoms. The van der Waals surface area contributed by atoms with Crippen LogP contribution in [-0.2, 0) is 9.53 Å². The minimum absolute atomic E-state index is 0.0322. The molecule has 2 unspecified atom stereocenters. The summed E-state index contributed by atoms with van der Waals surface area (Å²) in [7, 11) is 0. The van der Waals surface area contributed by atoms with Crippen molar-refractivity contribution in [3.63, 3.8) is 0 Å². The number of carbonyl (C=O) groups excluding carboxylic acids is 1. The molecule has 1 saturated heterocycles. The quantitative estimate of drug-likeness (QED) is 0.830. The molecule has 8 heteroatoms. The second-order valence-corrected chi connectivity index (χ2v) is 6.39.